The van der Waals surface area contributed by atoms with Gasteiger partial charge in [-0.3, -0.25) is 4.79 Å². The fraction of sp³-hybridized carbons (Fsp3) is 0.417. The van der Waals surface area contributed by atoms with Crippen LogP contribution in [0.15, 0.2) is 11.0 Å². The van der Waals surface area contributed by atoms with Crippen molar-refractivity contribution in [3.05, 3.63) is 28.3 Å². The Morgan fingerprint density at radius 3 is 2.52 bits per heavy atom. The highest BCUT2D eigenvalue weighted by molar-refractivity contribution is 8.13. The van der Waals surface area contributed by atoms with Crippen LogP contribution in [0.2, 0.25) is 5.02 Å². The number of amides is 1. The number of rotatable bonds is 4. The van der Waals surface area contributed by atoms with Gasteiger partial charge in [-0.15, -0.1) is 0 Å². The summed E-state index contributed by atoms with van der Waals surface area (Å²) in [6, 6.07) is 0.550. The van der Waals surface area contributed by atoms with E-state index in [9.17, 15) is 22.0 Å². The normalized spacial score (nSPS) is 21.2. The Labute approximate surface area is 129 Å². The summed E-state index contributed by atoms with van der Waals surface area (Å²) in [7, 11) is 0.399. The largest absolute Gasteiger partial charge is 0.352 e. The predicted molar refractivity (Wildman–Crippen MR) is 74.0 cm³/mol. The van der Waals surface area contributed by atoms with Gasteiger partial charge in [-0.25, -0.2) is 17.2 Å². The lowest BCUT2D eigenvalue weighted by atomic mass is 10.2. The first kappa shape index (κ1) is 16.5. The van der Waals surface area contributed by atoms with E-state index >= 15 is 0 Å². The van der Waals surface area contributed by atoms with E-state index in [4.69, 9.17) is 22.3 Å². The Balaban J connectivity index is 2.35. The number of hydrogen-bond acceptors (Lipinski definition) is 3. The van der Waals surface area contributed by atoms with E-state index in [2.05, 4.69) is 5.32 Å². The molecule has 0 heterocycles. The van der Waals surface area contributed by atoms with Gasteiger partial charge in [-0.1, -0.05) is 18.5 Å². The van der Waals surface area contributed by atoms with Gasteiger partial charge >= 0.3 is 0 Å². The van der Waals surface area contributed by atoms with E-state index in [1.807, 2.05) is 6.92 Å². The molecule has 21 heavy (non-hydrogen) atoms. The zero-order chi connectivity index (χ0) is 15.9. The number of nitrogens with one attached hydrogen (secondary N) is 1. The third-order valence-electron chi connectivity index (χ3n) is 3.41. The Hall–Kier alpha value is -0.920. The monoisotopic (exact) mass is 357 g/mol. The molecule has 1 saturated carbocycles. The molecule has 1 amide bonds. The maximum absolute atomic E-state index is 13.5. The molecule has 1 aliphatic carbocycles. The molecule has 1 aromatic rings. The van der Waals surface area contributed by atoms with Crippen molar-refractivity contribution < 1.29 is 22.0 Å². The number of carbonyl (C=O) groups excluding carboxylic acids is 1. The van der Waals surface area contributed by atoms with Crippen LogP contribution in [0.25, 0.3) is 0 Å². The van der Waals surface area contributed by atoms with E-state index in [0.717, 1.165) is 6.42 Å². The Morgan fingerprint density at radius 2 is 2.05 bits per heavy atom. The van der Waals surface area contributed by atoms with Gasteiger partial charge in [0.2, 0.25) is 0 Å². The molecular weight excluding hydrogens is 347 g/mol. The lowest BCUT2D eigenvalue weighted by molar-refractivity contribution is 0.0950. The summed E-state index contributed by atoms with van der Waals surface area (Å²) in [5.41, 5.74) is -0.469. The first-order valence-electron chi connectivity index (χ1n) is 6.03. The van der Waals surface area contributed by atoms with Crippen LogP contribution in [0, 0.1) is 23.5 Å². The predicted octanol–water partition coefficient (Wildman–Crippen LogP) is 2.93. The molecule has 0 saturated heterocycles. The molecule has 2 unspecified atom stereocenters. The van der Waals surface area contributed by atoms with E-state index in [-0.39, 0.29) is 0 Å². The van der Waals surface area contributed by atoms with E-state index in [0.29, 0.717) is 24.4 Å². The minimum Gasteiger partial charge on any atom is -0.352 e. The van der Waals surface area contributed by atoms with Crippen LogP contribution in [-0.4, -0.2) is 20.9 Å². The van der Waals surface area contributed by atoms with Gasteiger partial charge < -0.3 is 5.32 Å². The Bertz CT molecular complexity index is 709. The molecule has 1 aliphatic rings. The molecule has 0 aromatic heterocycles. The highest BCUT2D eigenvalue weighted by atomic mass is 35.7. The lowest BCUT2D eigenvalue weighted by Gasteiger charge is -2.10. The molecule has 2 rings (SSSR count). The minimum absolute atomic E-state index is 0.328. The second-order valence-corrected chi connectivity index (χ2v) is 7.86. The number of carbonyl (C=O) groups is 1. The van der Waals surface area contributed by atoms with Crippen LogP contribution in [0.3, 0.4) is 0 Å². The summed E-state index contributed by atoms with van der Waals surface area (Å²) in [5.74, 6) is -3.18. The SMILES string of the molecule is CC1CC1CNC(=O)c1cc(F)c(F)c(S(=O)(=O)Cl)c1Cl. The highest BCUT2D eigenvalue weighted by Gasteiger charge is 2.33. The molecule has 1 fully saturated rings. The van der Waals surface area contributed by atoms with Crippen LogP contribution in [0.1, 0.15) is 23.7 Å². The first-order chi connectivity index (χ1) is 9.62. The molecule has 0 bridgehead atoms. The molecule has 9 heteroatoms. The quantitative estimate of drug-likeness (QED) is 0.665. The van der Waals surface area contributed by atoms with Crippen molar-refractivity contribution in [2.75, 3.05) is 6.54 Å². The summed E-state index contributed by atoms with van der Waals surface area (Å²) in [6.07, 6.45) is 0.965. The van der Waals surface area contributed by atoms with Crippen LogP contribution >= 0.6 is 22.3 Å². The van der Waals surface area contributed by atoms with Gasteiger partial charge in [0.15, 0.2) is 11.6 Å². The number of benzene rings is 1. The summed E-state index contributed by atoms with van der Waals surface area (Å²) >= 11 is 5.69. The van der Waals surface area contributed by atoms with Crippen molar-refractivity contribution in [3.63, 3.8) is 0 Å². The van der Waals surface area contributed by atoms with Crippen molar-refractivity contribution in [2.24, 2.45) is 11.8 Å². The van der Waals surface area contributed by atoms with E-state index in [1.165, 1.54) is 0 Å². The lowest BCUT2D eigenvalue weighted by Crippen LogP contribution is -2.27. The third kappa shape index (κ3) is 3.46. The fourth-order valence-corrected chi connectivity index (χ4v) is 3.68. The molecule has 0 spiro atoms. The van der Waals surface area contributed by atoms with Gasteiger partial charge in [0.25, 0.3) is 15.0 Å². The summed E-state index contributed by atoms with van der Waals surface area (Å²) in [6.45, 7) is 2.37. The Kier molecular flexibility index (Phi) is 4.46. The standard InChI is InChI=1S/C12H11Cl2F2NO3S/c1-5-2-6(5)4-17-12(18)7-3-8(15)10(16)11(9(7)13)21(14,19)20/h3,5-6H,2,4H2,1H3,(H,17,18). The average Bonchev–Trinajstić information content (AvgIpc) is 3.05. The van der Waals surface area contributed by atoms with Gasteiger partial charge in [0.05, 0.1) is 10.6 Å². The second kappa shape index (κ2) is 5.70. The van der Waals surface area contributed by atoms with Gasteiger partial charge in [0.1, 0.15) is 4.90 Å². The Morgan fingerprint density at radius 1 is 1.48 bits per heavy atom. The van der Waals surface area contributed by atoms with Crippen molar-refractivity contribution in [1.82, 2.24) is 5.32 Å². The van der Waals surface area contributed by atoms with Gasteiger partial charge in [-0.05, 0) is 24.3 Å². The van der Waals surface area contributed by atoms with Crippen LogP contribution in [-0.2, 0) is 9.05 Å². The number of hydrogen-bond donors (Lipinski definition) is 1. The van der Waals surface area contributed by atoms with Crippen LogP contribution in [0.5, 0.6) is 0 Å². The zero-order valence-corrected chi connectivity index (χ0v) is 13.1. The molecule has 2 atom stereocenters. The summed E-state index contributed by atoms with van der Waals surface area (Å²) < 4.78 is 49.5. The average molecular weight is 358 g/mol. The topological polar surface area (TPSA) is 63.2 Å². The molecule has 0 radical (unpaired) electrons. The highest BCUT2D eigenvalue weighted by Crippen LogP contribution is 2.37. The van der Waals surface area contributed by atoms with Crippen LogP contribution in [0.4, 0.5) is 8.78 Å². The zero-order valence-electron chi connectivity index (χ0n) is 10.8. The maximum atomic E-state index is 13.5. The molecule has 1 N–H and O–H groups in total. The molecule has 116 valence electrons. The van der Waals surface area contributed by atoms with Gasteiger partial charge in [-0.2, -0.15) is 0 Å². The van der Waals surface area contributed by atoms with E-state index in [1.54, 1.807) is 0 Å². The van der Waals surface area contributed by atoms with E-state index < -0.39 is 42.1 Å². The maximum Gasteiger partial charge on any atom is 0.265 e. The molecular formula is C12H11Cl2F2NO3S. The summed E-state index contributed by atoms with van der Waals surface area (Å²) in [4.78, 5) is 10.7. The number of halogens is 4. The van der Waals surface area contributed by atoms with Crippen molar-refractivity contribution in [2.45, 2.75) is 18.2 Å². The minimum atomic E-state index is -4.63. The summed E-state index contributed by atoms with van der Waals surface area (Å²) in [5, 5.41) is 1.78. The van der Waals surface area contributed by atoms with Crippen molar-refractivity contribution >= 4 is 37.2 Å². The van der Waals surface area contributed by atoms with Gasteiger partial charge in [0, 0.05) is 17.2 Å². The van der Waals surface area contributed by atoms with Crippen molar-refractivity contribution in [3.8, 4) is 0 Å². The smallest absolute Gasteiger partial charge is 0.265 e. The molecule has 4 nitrogen and oxygen atoms in total. The molecule has 1 aromatic carbocycles. The first-order valence-corrected chi connectivity index (χ1v) is 8.72. The second-order valence-electron chi connectivity index (χ2n) is 4.98. The molecule has 0 aliphatic heterocycles. The fourth-order valence-electron chi connectivity index (χ4n) is 1.96. The van der Waals surface area contributed by atoms with Crippen LogP contribution < -0.4 is 5.32 Å². The third-order valence-corrected chi connectivity index (χ3v) is 5.24. The van der Waals surface area contributed by atoms with Crippen molar-refractivity contribution in [1.29, 1.82) is 0 Å².